The third kappa shape index (κ3) is 3.39. The van der Waals surface area contributed by atoms with Crippen LogP contribution >= 0.6 is 0 Å². The van der Waals surface area contributed by atoms with Gasteiger partial charge in [0.05, 0.1) is 18.3 Å². The molecule has 1 aliphatic heterocycles. The zero-order valence-corrected chi connectivity index (χ0v) is 13.8. The van der Waals surface area contributed by atoms with Crippen molar-refractivity contribution in [1.29, 1.82) is 0 Å². The fourth-order valence-corrected chi connectivity index (χ4v) is 2.93. The number of ketones is 1. The summed E-state index contributed by atoms with van der Waals surface area (Å²) in [5.41, 5.74) is 1.50. The fourth-order valence-electron chi connectivity index (χ4n) is 2.93. The molecular formula is C20H21NO3. The van der Waals surface area contributed by atoms with Crippen LogP contribution in [0.25, 0.3) is 0 Å². The number of amides is 1. The van der Waals surface area contributed by atoms with Crippen molar-refractivity contribution in [2.24, 2.45) is 0 Å². The summed E-state index contributed by atoms with van der Waals surface area (Å²) in [7, 11) is 0. The second kappa shape index (κ2) is 7.41. The third-order valence-electron chi connectivity index (χ3n) is 4.32. The van der Waals surface area contributed by atoms with Crippen molar-refractivity contribution in [3.8, 4) is 0 Å². The van der Waals surface area contributed by atoms with Gasteiger partial charge in [-0.2, -0.15) is 0 Å². The number of nitrogens with zero attached hydrogens (tertiary/aromatic N) is 1. The lowest BCUT2D eigenvalue weighted by Gasteiger charge is -2.32. The van der Waals surface area contributed by atoms with Crippen LogP contribution in [0.15, 0.2) is 54.6 Å². The highest BCUT2D eigenvalue weighted by atomic mass is 16.5. The molecule has 3 rings (SSSR count). The van der Waals surface area contributed by atoms with E-state index in [1.807, 2.05) is 25.1 Å². The normalized spacial score (nSPS) is 17.5. The molecule has 1 amide bonds. The van der Waals surface area contributed by atoms with Crippen LogP contribution in [0, 0.1) is 0 Å². The number of benzene rings is 2. The topological polar surface area (TPSA) is 46.6 Å². The molecule has 1 heterocycles. The van der Waals surface area contributed by atoms with Gasteiger partial charge in [0.1, 0.15) is 0 Å². The Bertz CT molecular complexity index is 727. The molecule has 2 aromatic carbocycles. The average molecular weight is 323 g/mol. The fraction of sp³-hybridized carbons (Fsp3) is 0.300. The Kier molecular flexibility index (Phi) is 5.06. The highest BCUT2D eigenvalue weighted by Gasteiger charge is 2.26. The van der Waals surface area contributed by atoms with Crippen LogP contribution in [-0.2, 0) is 4.74 Å². The minimum atomic E-state index is -0.125. The van der Waals surface area contributed by atoms with Gasteiger partial charge in [-0.05, 0) is 12.5 Å². The van der Waals surface area contributed by atoms with Gasteiger partial charge in [0.15, 0.2) is 5.78 Å². The summed E-state index contributed by atoms with van der Waals surface area (Å²) in [4.78, 5) is 27.5. The van der Waals surface area contributed by atoms with E-state index in [4.69, 9.17) is 4.74 Å². The summed E-state index contributed by atoms with van der Waals surface area (Å²) in [6.45, 7) is 3.72. The maximum atomic E-state index is 12.9. The van der Waals surface area contributed by atoms with Crippen LogP contribution in [0.5, 0.6) is 0 Å². The van der Waals surface area contributed by atoms with E-state index >= 15 is 0 Å². The molecule has 2 aromatic rings. The summed E-state index contributed by atoms with van der Waals surface area (Å²) in [5.74, 6) is -0.225. The van der Waals surface area contributed by atoms with Gasteiger partial charge in [0, 0.05) is 24.2 Å². The number of carbonyl (C=O) groups excluding carboxylic acids is 2. The first-order valence-electron chi connectivity index (χ1n) is 8.30. The van der Waals surface area contributed by atoms with Gasteiger partial charge in [0.2, 0.25) is 0 Å². The first-order valence-corrected chi connectivity index (χ1v) is 8.30. The quantitative estimate of drug-likeness (QED) is 0.812. The van der Waals surface area contributed by atoms with Crippen LogP contribution < -0.4 is 0 Å². The van der Waals surface area contributed by atoms with Crippen molar-refractivity contribution in [3.63, 3.8) is 0 Å². The Morgan fingerprint density at radius 1 is 1.04 bits per heavy atom. The van der Waals surface area contributed by atoms with E-state index in [0.717, 1.165) is 6.42 Å². The molecule has 0 unspecified atom stereocenters. The van der Waals surface area contributed by atoms with Gasteiger partial charge >= 0.3 is 0 Å². The first kappa shape index (κ1) is 16.4. The summed E-state index contributed by atoms with van der Waals surface area (Å²) < 4.78 is 5.63. The van der Waals surface area contributed by atoms with Crippen molar-refractivity contribution in [3.05, 3.63) is 71.3 Å². The van der Waals surface area contributed by atoms with Gasteiger partial charge in [-0.3, -0.25) is 9.59 Å². The summed E-state index contributed by atoms with van der Waals surface area (Å²) in [6.07, 6.45) is 0.939. The standard InChI is InChI=1S/C20H21NO3/c1-2-16-14-21(12-13-24-16)20(23)18-11-7-6-10-17(18)19(22)15-8-4-3-5-9-15/h3-11,16H,2,12-14H2,1H3/t16-/m1/s1. The molecule has 0 bridgehead atoms. The van der Waals surface area contributed by atoms with Crippen molar-refractivity contribution in [2.75, 3.05) is 19.7 Å². The number of ether oxygens (including phenoxy) is 1. The summed E-state index contributed by atoms with van der Waals surface area (Å²) in [6, 6.07) is 16.1. The Morgan fingerprint density at radius 2 is 1.71 bits per heavy atom. The molecule has 1 saturated heterocycles. The van der Waals surface area contributed by atoms with Gasteiger partial charge in [0.25, 0.3) is 5.91 Å². The highest BCUT2D eigenvalue weighted by Crippen LogP contribution is 2.18. The predicted octanol–water partition coefficient (Wildman–Crippen LogP) is 3.17. The largest absolute Gasteiger partial charge is 0.375 e. The molecule has 4 nitrogen and oxygen atoms in total. The van der Waals surface area contributed by atoms with E-state index in [0.29, 0.717) is 36.4 Å². The lowest BCUT2D eigenvalue weighted by Crippen LogP contribution is -2.45. The molecule has 0 saturated carbocycles. The molecule has 24 heavy (non-hydrogen) atoms. The molecule has 4 heteroatoms. The zero-order chi connectivity index (χ0) is 16.9. The van der Waals surface area contributed by atoms with E-state index < -0.39 is 0 Å². The Hall–Kier alpha value is -2.46. The van der Waals surface area contributed by atoms with Crippen LogP contribution in [0.1, 0.15) is 39.6 Å². The molecule has 124 valence electrons. The van der Waals surface area contributed by atoms with Gasteiger partial charge in [-0.15, -0.1) is 0 Å². The number of hydrogen-bond acceptors (Lipinski definition) is 3. The molecule has 1 fully saturated rings. The first-order chi connectivity index (χ1) is 11.7. The van der Waals surface area contributed by atoms with Crippen molar-refractivity contribution in [1.82, 2.24) is 4.90 Å². The third-order valence-corrected chi connectivity index (χ3v) is 4.32. The number of hydrogen-bond donors (Lipinski definition) is 0. The van der Waals surface area contributed by atoms with Crippen LogP contribution in [0.3, 0.4) is 0 Å². The van der Waals surface area contributed by atoms with Crippen molar-refractivity contribution in [2.45, 2.75) is 19.4 Å². The molecule has 0 N–H and O–H groups in total. The number of carbonyl (C=O) groups is 2. The smallest absolute Gasteiger partial charge is 0.254 e. The Labute approximate surface area is 142 Å². The van der Waals surface area contributed by atoms with Gasteiger partial charge in [-0.1, -0.05) is 55.5 Å². The molecule has 0 spiro atoms. The van der Waals surface area contributed by atoms with Gasteiger partial charge < -0.3 is 9.64 Å². The Balaban J connectivity index is 1.89. The second-order valence-electron chi connectivity index (χ2n) is 5.89. The van der Waals surface area contributed by atoms with Crippen molar-refractivity contribution >= 4 is 11.7 Å². The Morgan fingerprint density at radius 3 is 2.42 bits per heavy atom. The second-order valence-corrected chi connectivity index (χ2v) is 5.89. The van der Waals surface area contributed by atoms with E-state index in [1.54, 1.807) is 41.3 Å². The lowest BCUT2D eigenvalue weighted by atomic mass is 9.97. The average Bonchev–Trinajstić information content (AvgIpc) is 2.67. The molecular weight excluding hydrogens is 302 g/mol. The van der Waals surface area contributed by atoms with Crippen LogP contribution in [0.2, 0.25) is 0 Å². The lowest BCUT2D eigenvalue weighted by molar-refractivity contribution is -0.0226. The predicted molar refractivity (Wildman–Crippen MR) is 92.3 cm³/mol. The summed E-state index contributed by atoms with van der Waals surface area (Å²) in [5, 5.41) is 0. The van der Waals surface area contributed by atoms with Crippen molar-refractivity contribution < 1.29 is 14.3 Å². The minimum Gasteiger partial charge on any atom is -0.375 e. The minimum absolute atomic E-state index is 0.0692. The molecule has 1 aliphatic rings. The maximum absolute atomic E-state index is 12.9. The molecule has 0 aliphatic carbocycles. The van der Waals surface area contributed by atoms with E-state index in [9.17, 15) is 9.59 Å². The van der Waals surface area contributed by atoms with Crippen LogP contribution in [0.4, 0.5) is 0 Å². The SMILES string of the molecule is CC[C@@H]1CN(C(=O)c2ccccc2C(=O)c2ccccc2)CCO1. The van der Waals surface area contributed by atoms with E-state index in [1.165, 1.54) is 0 Å². The maximum Gasteiger partial charge on any atom is 0.254 e. The highest BCUT2D eigenvalue weighted by molar-refractivity contribution is 6.15. The monoisotopic (exact) mass is 323 g/mol. The van der Waals surface area contributed by atoms with E-state index in [2.05, 4.69) is 0 Å². The van der Waals surface area contributed by atoms with E-state index in [-0.39, 0.29) is 17.8 Å². The molecule has 1 atom stereocenters. The molecule has 0 aromatic heterocycles. The molecule has 0 radical (unpaired) electrons. The number of morpholine rings is 1. The zero-order valence-electron chi connectivity index (χ0n) is 13.8. The van der Waals surface area contributed by atoms with Crippen LogP contribution in [-0.4, -0.2) is 42.4 Å². The summed E-state index contributed by atoms with van der Waals surface area (Å²) >= 11 is 0. The number of rotatable bonds is 4. The van der Waals surface area contributed by atoms with Gasteiger partial charge in [-0.25, -0.2) is 0 Å².